The predicted octanol–water partition coefficient (Wildman–Crippen LogP) is 2.23. The molecule has 1 saturated heterocycles. The molecular weight excluding hydrogens is 340 g/mol. The molecule has 2 aromatic rings. The van der Waals surface area contributed by atoms with Gasteiger partial charge in [0.2, 0.25) is 5.91 Å². The highest BCUT2D eigenvalue weighted by Gasteiger charge is 2.30. The Balaban J connectivity index is 1.76. The Labute approximate surface area is 151 Å². The summed E-state index contributed by atoms with van der Waals surface area (Å²) in [5.41, 5.74) is 7.46. The van der Waals surface area contributed by atoms with Crippen molar-refractivity contribution in [3.05, 3.63) is 52.3 Å². The molecule has 0 aliphatic carbocycles. The molecule has 1 aliphatic rings. The number of aryl methyl sites for hydroxylation is 1. The molecule has 0 spiro atoms. The lowest BCUT2D eigenvalue weighted by molar-refractivity contribution is -0.123. The molecule has 0 radical (unpaired) electrons. The number of primary amides is 1. The molecule has 0 atom stereocenters. The van der Waals surface area contributed by atoms with E-state index in [-0.39, 0.29) is 17.7 Å². The molecule has 2 amide bonds. The highest BCUT2D eigenvalue weighted by atomic mass is 35.5. The highest BCUT2D eigenvalue weighted by Crippen LogP contribution is 2.25. The summed E-state index contributed by atoms with van der Waals surface area (Å²) in [6.45, 7) is 3.31. The summed E-state index contributed by atoms with van der Waals surface area (Å²) in [5.74, 6) is -0.580. The van der Waals surface area contributed by atoms with Crippen molar-refractivity contribution in [2.75, 3.05) is 13.1 Å². The van der Waals surface area contributed by atoms with Gasteiger partial charge in [-0.05, 0) is 25.3 Å². The third-order valence-corrected chi connectivity index (χ3v) is 5.02. The molecule has 1 aromatic carbocycles. The first-order chi connectivity index (χ1) is 12.0. The van der Waals surface area contributed by atoms with Crippen LogP contribution in [-0.2, 0) is 11.3 Å². The Kier molecular flexibility index (Phi) is 5.08. The van der Waals surface area contributed by atoms with Crippen molar-refractivity contribution < 1.29 is 9.59 Å². The van der Waals surface area contributed by atoms with Gasteiger partial charge in [-0.3, -0.25) is 9.59 Å². The van der Waals surface area contributed by atoms with E-state index in [0.717, 1.165) is 5.56 Å². The van der Waals surface area contributed by atoms with Crippen LogP contribution >= 0.6 is 11.6 Å². The van der Waals surface area contributed by atoms with Crippen molar-refractivity contribution in [2.24, 2.45) is 11.7 Å². The number of aromatic nitrogens is 2. The zero-order valence-electron chi connectivity index (χ0n) is 14.1. The fourth-order valence-corrected chi connectivity index (χ4v) is 3.50. The minimum atomic E-state index is -0.294. The number of carbonyl (C=O) groups excluding carboxylic acids is 2. The van der Waals surface area contributed by atoms with E-state index in [0.29, 0.717) is 48.9 Å². The fraction of sp³-hybridized carbons (Fsp3) is 0.389. The summed E-state index contributed by atoms with van der Waals surface area (Å²) in [7, 11) is 0. The minimum absolute atomic E-state index is 0.135. The molecule has 7 heteroatoms. The van der Waals surface area contributed by atoms with Gasteiger partial charge in [0.05, 0.1) is 17.8 Å². The fourth-order valence-electron chi connectivity index (χ4n) is 3.18. The number of amides is 2. The van der Waals surface area contributed by atoms with E-state index in [1.165, 1.54) is 0 Å². The SMILES string of the molecule is Cc1nn(Cc2ccccc2)c(Cl)c1C(=O)N1CCC(C(N)=O)CC1. The van der Waals surface area contributed by atoms with Crippen LogP contribution in [0.1, 0.15) is 34.5 Å². The second kappa shape index (κ2) is 7.27. The molecule has 6 nitrogen and oxygen atoms in total. The number of hydrogen-bond acceptors (Lipinski definition) is 3. The molecule has 0 bridgehead atoms. The van der Waals surface area contributed by atoms with Crippen LogP contribution in [0.2, 0.25) is 5.15 Å². The number of nitrogens with two attached hydrogens (primary N) is 1. The second-order valence-electron chi connectivity index (χ2n) is 6.36. The number of benzene rings is 1. The quantitative estimate of drug-likeness (QED) is 0.907. The Morgan fingerprint density at radius 2 is 1.88 bits per heavy atom. The molecule has 1 fully saturated rings. The van der Waals surface area contributed by atoms with E-state index in [1.807, 2.05) is 30.3 Å². The van der Waals surface area contributed by atoms with Crippen LogP contribution in [0.3, 0.4) is 0 Å². The number of nitrogens with zero attached hydrogens (tertiary/aromatic N) is 3. The second-order valence-corrected chi connectivity index (χ2v) is 6.72. The Morgan fingerprint density at radius 3 is 2.48 bits per heavy atom. The first-order valence-electron chi connectivity index (χ1n) is 8.32. The van der Waals surface area contributed by atoms with Crippen LogP contribution < -0.4 is 5.73 Å². The van der Waals surface area contributed by atoms with Gasteiger partial charge in [-0.25, -0.2) is 4.68 Å². The van der Waals surface area contributed by atoms with Crippen LogP contribution in [0.4, 0.5) is 0 Å². The Hall–Kier alpha value is -2.34. The summed E-state index contributed by atoms with van der Waals surface area (Å²) in [5, 5.41) is 4.78. The van der Waals surface area contributed by atoms with Gasteiger partial charge in [-0.15, -0.1) is 0 Å². The number of halogens is 1. The normalized spacial score (nSPS) is 15.4. The molecule has 2 N–H and O–H groups in total. The smallest absolute Gasteiger partial charge is 0.258 e. The maximum Gasteiger partial charge on any atom is 0.258 e. The van der Waals surface area contributed by atoms with Crippen LogP contribution in [0, 0.1) is 12.8 Å². The number of piperidine rings is 1. The van der Waals surface area contributed by atoms with E-state index in [1.54, 1.807) is 16.5 Å². The van der Waals surface area contributed by atoms with Gasteiger partial charge in [0.15, 0.2) is 0 Å². The molecule has 2 heterocycles. The Morgan fingerprint density at radius 1 is 1.24 bits per heavy atom. The lowest BCUT2D eigenvalue weighted by Gasteiger charge is -2.30. The summed E-state index contributed by atoms with van der Waals surface area (Å²) in [4.78, 5) is 25.9. The van der Waals surface area contributed by atoms with Crippen molar-refractivity contribution in [3.8, 4) is 0 Å². The summed E-state index contributed by atoms with van der Waals surface area (Å²) < 4.78 is 1.65. The zero-order valence-corrected chi connectivity index (χ0v) is 14.9. The molecule has 0 saturated carbocycles. The average Bonchev–Trinajstić information content (AvgIpc) is 2.89. The predicted molar refractivity (Wildman–Crippen MR) is 95.3 cm³/mol. The van der Waals surface area contributed by atoms with Gasteiger partial charge in [0.25, 0.3) is 5.91 Å². The van der Waals surface area contributed by atoms with Gasteiger partial charge >= 0.3 is 0 Å². The number of likely N-dealkylation sites (tertiary alicyclic amines) is 1. The van der Waals surface area contributed by atoms with Crippen molar-refractivity contribution in [3.63, 3.8) is 0 Å². The van der Waals surface area contributed by atoms with Crippen LogP contribution in [0.5, 0.6) is 0 Å². The van der Waals surface area contributed by atoms with Gasteiger partial charge in [0, 0.05) is 19.0 Å². The van der Waals surface area contributed by atoms with Gasteiger partial charge < -0.3 is 10.6 Å². The van der Waals surface area contributed by atoms with Gasteiger partial charge in [0.1, 0.15) is 5.15 Å². The van der Waals surface area contributed by atoms with Crippen molar-refractivity contribution in [2.45, 2.75) is 26.3 Å². The van der Waals surface area contributed by atoms with E-state index < -0.39 is 0 Å². The largest absolute Gasteiger partial charge is 0.369 e. The highest BCUT2D eigenvalue weighted by molar-refractivity contribution is 6.33. The molecule has 3 rings (SSSR count). The number of rotatable bonds is 4. The lowest BCUT2D eigenvalue weighted by Crippen LogP contribution is -2.41. The van der Waals surface area contributed by atoms with Crippen molar-refractivity contribution >= 4 is 23.4 Å². The topological polar surface area (TPSA) is 81.2 Å². The van der Waals surface area contributed by atoms with Gasteiger partial charge in [-0.1, -0.05) is 41.9 Å². The third kappa shape index (κ3) is 3.69. The molecule has 25 heavy (non-hydrogen) atoms. The molecular formula is C18H21ClN4O2. The molecule has 1 aliphatic heterocycles. The van der Waals surface area contributed by atoms with E-state index in [4.69, 9.17) is 17.3 Å². The molecule has 132 valence electrons. The summed E-state index contributed by atoms with van der Waals surface area (Å²) >= 11 is 6.45. The average molecular weight is 361 g/mol. The van der Waals surface area contributed by atoms with Crippen molar-refractivity contribution in [1.29, 1.82) is 0 Å². The van der Waals surface area contributed by atoms with E-state index >= 15 is 0 Å². The zero-order chi connectivity index (χ0) is 18.0. The minimum Gasteiger partial charge on any atom is -0.369 e. The van der Waals surface area contributed by atoms with Gasteiger partial charge in [-0.2, -0.15) is 5.10 Å². The maximum atomic E-state index is 12.9. The van der Waals surface area contributed by atoms with Crippen LogP contribution in [-0.4, -0.2) is 39.6 Å². The van der Waals surface area contributed by atoms with Crippen LogP contribution in [0.25, 0.3) is 0 Å². The molecule has 1 aromatic heterocycles. The first kappa shape index (κ1) is 17.5. The van der Waals surface area contributed by atoms with E-state index in [2.05, 4.69) is 5.10 Å². The summed E-state index contributed by atoms with van der Waals surface area (Å²) in [6.07, 6.45) is 1.19. The number of hydrogen-bond donors (Lipinski definition) is 1. The standard InChI is InChI=1S/C18H21ClN4O2/c1-12-15(18(25)22-9-7-14(8-10-22)17(20)24)16(19)23(21-12)11-13-5-3-2-4-6-13/h2-6,14H,7-11H2,1H3,(H2,20,24). The van der Waals surface area contributed by atoms with Crippen LogP contribution in [0.15, 0.2) is 30.3 Å². The first-order valence-corrected chi connectivity index (χ1v) is 8.70. The molecule has 0 unspecified atom stereocenters. The monoisotopic (exact) mass is 360 g/mol. The summed E-state index contributed by atoms with van der Waals surface area (Å²) in [6, 6.07) is 9.83. The third-order valence-electron chi connectivity index (χ3n) is 4.64. The lowest BCUT2D eigenvalue weighted by atomic mass is 9.96. The maximum absolute atomic E-state index is 12.9. The van der Waals surface area contributed by atoms with E-state index in [9.17, 15) is 9.59 Å². The number of carbonyl (C=O) groups is 2. The van der Waals surface area contributed by atoms with Crippen molar-refractivity contribution in [1.82, 2.24) is 14.7 Å². The Bertz CT molecular complexity index is 780.